The fraction of sp³-hybridized carbons (Fsp3) is 0.0625. The summed E-state index contributed by atoms with van der Waals surface area (Å²) in [6.07, 6.45) is 0. The lowest BCUT2D eigenvalue weighted by atomic mass is 9.81. The standard InChI is InChI=1S/C96H66N2/c1-95(2)81-55-69(67-43-41-59-25-17-19-35-65(59)53-67)45-49-73(81)75-51-47-71(57-83(75)95)97-91(63-31-13-7-14-32-63)85(61-27-9-5-10-28-61)89-87-78-38-22-24-40-80(78)94-90(88(87)77-37-21-23-39-79(77)93(89)97)86(62-29-11-6-12-30-62)92(64-33-15-8-16-34-64)98(94)72-48-52-76-74-50-46-70(56-82(74)96(3,4)84(76)58-72)68-44-42-60-26-18-20-36-66(60)54-68/h5-58H,1-4H3. The second kappa shape index (κ2) is 21.2. The van der Waals surface area contributed by atoms with Crippen molar-refractivity contribution in [2.45, 2.75) is 38.5 Å². The highest BCUT2D eigenvalue weighted by Crippen LogP contribution is 2.58. The van der Waals surface area contributed by atoms with Crippen molar-refractivity contribution < 1.29 is 0 Å². The number of aromatic nitrogens is 2. The number of fused-ring (bicyclic) bond motifs is 19. The first-order chi connectivity index (χ1) is 48.2. The zero-order chi connectivity index (χ0) is 65.1. The molecule has 0 unspecified atom stereocenters. The predicted octanol–water partition coefficient (Wildman–Crippen LogP) is 26.0. The minimum absolute atomic E-state index is 0.305. The van der Waals surface area contributed by atoms with Crippen LogP contribution in [0.1, 0.15) is 49.9 Å². The molecule has 0 spiro atoms. The third-order valence-corrected chi connectivity index (χ3v) is 22.2. The zero-order valence-electron chi connectivity index (χ0n) is 55.1. The second-order valence-corrected chi connectivity index (χ2v) is 28.2. The average molecular weight is 1250 g/mol. The van der Waals surface area contributed by atoms with E-state index in [1.54, 1.807) is 0 Å². The van der Waals surface area contributed by atoms with Gasteiger partial charge in [-0.3, -0.25) is 0 Å². The Hall–Kier alpha value is -12.1. The molecule has 16 aromatic carbocycles. The van der Waals surface area contributed by atoms with E-state index in [0.717, 1.165) is 33.9 Å². The molecule has 18 aromatic rings. The predicted molar refractivity (Wildman–Crippen MR) is 415 cm³/mol. The van der Waals surface area contributed by atoms with E-state index in [0.29, 0.717) is 0 Å². The van der Waals surface area contributed by atoms with Crippen LogP contribution in [0.25, 0.3) is 176 Å². The molecule has 460 valence electrons. The lowest BCUT2D eigenvalue weighted by molar-refractivity contribution is 0.660. The first-order valence-corrected chi connectivity index (χ1v) is 34.5. The molecule has 2 nitrogen and oxygen atoms in total. The Morgan fingerprint density at radius 3 is 0.898 bits per heavy atom. The monoisotopic (exact) mass is 1250 g/mol. The van der Waals surface area contributed by atoms with Crippen LogP contribution in [0.4, 0.5) is 0 Å². The highest BCUT2D eigenvalue weighted by Gasteiger charge is 2.39. The van der Waals surface area contributed by atoms with Gasteiger partial charge < -0.3 is 9.13 Å². The van der Waals surface area contributed by atoms with E-state index in [4.69, 9.17) is 0 Å². The van der Waals surface area contributed by atoms with E-state index in [9.17, 15) is 0 Å². The molecule has 0 N–H and O–H groups in total. The highest BCUT2D eigenvalue weighted by molar-refractivity contribution is 6.44. The summed E-state index contributed by atoms with van der Waals surface area (Å²) in [7, 11) is 0. The van der Waals surface area contributed by atoms with Gasteiger partial charge >= 0.3 is 0 Å². The fourth-order valence-corrected chi connectivity index (χ4v) is 17.6. The maximum atomic E-state index is 2.65. The largest absolute Gasteiger partial charge is 0.308 e. The van der Waals surface area contributed by atoms with Crippen LogP contribution in [0.15, 0.2) is 328 Å². The number of hydrogen-bond acceptors (Lipinski definition) is 0. The zero-order valence-corrected chi connectivity index (χ0v) is 55.1. The Labute approximate surface area is 570 Å². The van der Waals surface area contributed by atoms with Crippen molar-refractivity contribution in [3.05, 3.63) is 350 Å². The van der Waals surface area contributed by atoms with Gasteiger partial charge in [-0.1, -0.05) is 307 Å². The first-order valence-electron chi connectivity index (χ1n) is 34.5. The Bertz CT molecular complexity index is 5990. The maximum Gasteiger partial charge on any atom is 0.0626 e. The Kier molecular flexibility index (Phi) is 12.2. The third kappa shape index (κ3) is 8.16. The van der Waals surface area contributed by atoms with Gasteiger partial charge in [0, 0.05) is 65.6 Å². The number of benzene rings is 16. The number of rotatable bonds is 8. The van der Waals surface area contributed by atoms with Gasteiger partial charge in [-0.25, -0.2) is 0 Å². The molecule has 20 rings (SSSR count). The summed E-state index contributed by atoms with van der Waals surface area (Å²) in [5.74, 6) is 0. The summed E-state index contributed by atoms with van der Waals surface area (Å²) >= 11 is 0. The van der Waals surface area contributed by atoms with Crippen molar-refractivity contribution in [3.63, 3.8) is 0 Å². The summed E-state index contributed by atoms with van der Waals surface area (Å²) in [6, 6.07) is 124. The molecule has 0 saturated heterocycles. The van der Waals surface area contributed by atoms with Gasteiger partial charge in [0.05, 0.1) is 22.4 Å². The Morgan fingerprint density at radius 2 is 0.510 bits per heavy atom. The van der Waals surface area contributed by atoms with Gasteiger partial charge in [0.2, 0.25) is 0 Å². The summed E-state index contributed by atoms with van der Waals surface area (Å²) in [4.78, 5) is 0. The molecule has 0 atom stereocenters. The molecule has 0 bridgehead atoms. The lowest BCUT2D eigenvalue weighted by Gasteiger charge is -2.23. The Balaban J connectivity index is 0.889. The number of hydrogen-bond donors (Lipinski definition) is 0. The molecular weight excluding hydrogens is 1180 g/mol. The lowest BCUT2D eigenvalue weighted by Crippen LogP contribution is -2.15. The maximum absolute atomic E-state index is 2.65. The summed E-state index contributed by atoms with van der Waals surface area (Å²) in [6.45, 7) is 9.72. The van der Waals surface area contributed by atoms with E-state index in [1.165, 1.54) is 165 Å². The average Bonchev–Trinajstić information content (AvgIpc) is 1.46. The van der Waals surface area contributed by atoms with E-state index in [-0.39, 0.29) is 10.8 Å². The molecule has 0 fully saturated rings. The quantitative estimate of drug-likeness (QED) is 0.134. The van der Waals surface area contributed by atoms with E-state index < -0.39 is 0 Å². The van der Waals surface area contributed by atoms with E-state index in [2.05, 4.69) is 364 Å². The third-order valence-electron chi connectivity index (χ3n) is 22.2. The van der Waals surface area contributed by atoms with Gasteiger partial charge in [-0.2, -0.15) is 0 Å². The molecule has 98 heavy (non-hydrogen) atoms. The van der Waals surface area contributed by atoms with Crippen LogP contribution in [0.3, 0.4) is 0 Å². The molecule has 2 aromatic heterocycles. The molecule has 2 heterocycles. The van der Waals surface area contributed by atoms with Crippen LogP contribution in [-0.4, -0.2) is 9.13 Å². The van der Waals surface area contributed by atoms with Gasteiger partial charge in [0.25, 0.3) is 0 Å². The molecule has 0 saturated carbocycles. The normalized spacial score (nSPS) is 13.5. The molecule has 0 radical (unpaired) electrons. The molecule has 2 heteroatoms. The molecule has 2 aliphatic rings. The first kappa shape index (κ1) is 56.3. The summed E-state index contributed by atoms with van der Waals surface area (Å²) < 4.78 is 5.31. The summed E-state index contributed by atoms with van der Waals surface area (Å²) in [5.41, 5.74) is 28.9. The van der Waals surface area contributed by atoms with Gasteiger partial charge in [0.15, 0.2) is 0 Å². The van der Waals surface area contributed by atoms with Crippen molar-refractivity contribution in [1.29, 1.82) is 0 Å². The van der Waals surface area contributed by atoms with Gasteiger partial charge in [0.1, 0.15) is 0 Å². The van der Waals surface area contributed by atoms with Crippen molar-refractivity contribution in [1.82, 2.24) is 9.13 Å². The van der Waals surface area contributed by atoms with Crippen LogP contribution in [0.2, 0.25) is 0 Å². The minimum Gasteiger partial charge on any atom is -0.308 e. The minimum atomic E-state index is -0.305. The van der Waals surface area contributed by atoms with Crippen LogP contribution in [0.5, 0.6) is 0 Å². The van der Waals surface area contributed by atoms with E-state index in [1.807, 2.05) is 0 Å². The topological polar surface area (TPSA) is 9.86 Å². The smallest absolute Gasteiger partial charge is 0.0626 e. The molecule has 2 aliphatic carbocycles. The van der Waals surface area contributed by atoms with Crippen LogP contribution in [-0.2, 0) is 10.8 Å². The summed E-state index contributed by atoms with van der Waals surface area (Å²) in [5, 5.41) is 14.8. The van der Waals surface area contributed by atoms with Crippen molar-refractivity contribution in [2.24, 2.45) is 0 Å². The van der Waals surface area contributed by atoms with Crippen LogP contribution < -0.4 is 0 Å². The van der Waals surface area contributed by atoms with Crippen molar-refractivity contribution >= 4 is 75.7 Å². The second-order valence-electron chi connectivity index (χ2n) is 28.2. The van der Waals surface area contributed by atoms with Gasteiger partial charge in [-0.05, 0) is 170 Å². The van der Waals surface area contributed by atoms with E-state index >= 15 is 0 Å². The van der Waals surface area contributed by atoms with Gasteiger partial charge in [-0.15, -0.1) is 0 Å². The fourth-order valence-electron chi connectivity index (χ4n) is 17.6. The molecule has 0 aliphatic heterocycles. The van der Waals surface area contributed by atoms with Crippen molar-refractivity contribution in [3.8, 4) is 101 Å². The molecule has 0 amide bonds. The number of nitrogens with zero attached hydrogens (tertiary/aromatic N) is 2. The van der Waals surface area contributed by atoms with Crippen molar-refractivity contribution in [2.75, 3.05) is 0 Å². The van der Waals surface area contributed by atoms with Crippen LogP contribution >= 0.6 is 0 Å². The SMILES string of the molecule is CC1(C)c2cc(-c3ccc4ccccc4c3)ccc2-c2ccc(-n3c(-c4ccccc4)c(-c4ccccc4)c4c5c6ccccc6c6c(c(-c7ccccc7)c(-c7ccccc7)n6-c6ccc7c(c6)C(C)(C)c6cc(-c8ccc9ccccc9c8)ccc6-7)c5c5ccccc5c43)cc21. The Morgan fingerprint density at radius 1 is 0.214 bits per heavy atom. The highest BCUT2D eigenvalue weighted by atomic mass is 15.0. The van der Waals surface area contributed by atoms with Crippen LogP contribution in [0, 0.1) is 0 Å². The molecular formula is C96H66N2.